The van der Waals surface area contributed by atoms with E-state index in [1.807, 2.05) is 19.3 Å². The van der Waals surface area contributed by atoms with Crippen molar-refractivity contribution in [3.05, 3.63) is 48.0 Å². The summed E-state index contributed by atoms with van der Waals surface area (Å²) in [5, 5.41) is 3.42. The zero-order valence-electron chi connectivity index (χ0n) is 10.6. The van der Waals surface area contributed by atoms with Crippen LogP contribution in [0.1, 0.15) is 31.3 Å². The number of rotatable bonds is 4. The summed E-state index contributed by atoms with van der Waals surface area (Å²) in [6, 6.07) is 8.95. The molecule has 0 radical (unpaired) electrons. The molecule has 0 bridgehead atoms. The van der Waals surface area contributed by atoms with E-state index >= 15 is 0 Å². The predicted molar refractivity (Wildman–Crippen MR) is 70.4 cm³/mol. The van der Waals surface area contributed by atoms with Crippen LogP contribution in [0.2, 0.25) is 0 Å². The van der Waals surface area contributed by atoms with E-state index in [-0.39, 0.29) is 0 Å². The van der Waals surface area contributed by atoms with Gasteiger partial charge in [-0.25, -0.2) is 4.98 Å². The van der Waals surface area contributed by atoms with Crippen molar-refractivity contribution in [3.8, 4) is 5.69 Å². The summed E-state index contributed by atoms with van der Waals surface area (Å²) >= 11 is 0. The molecular formula is C14H19N3. The summed E-state index contributed by atoms with van der Waals surface area (Å²) in [6.45, 7) is 7.31. The van der Waals surface area contributed by atoms with Crippen molar-refractivity contribution in [2.24, 2.45) is 0 Å². The van der Waals surface area contributed by atoms with E-state index in [0.717, 1.165) is 12.4 Å². The van der Waals surface area contributed by atoms with Crippen LogP contribution >= 0.6 is 0 Å². The molecule has 0 amide bonds. The molecule has 0 aliphatic carbocycles. The lowest BCUT2D eigenvalue weighted by atomic mass is 10.1. The molecule has 0 saturated heterocycles. The first-order valence-electron chi connectivity index (χ1n) is 6.06. The fraction of sp³-hybridized carbons (Fsp3) is 0.357. The van der Waals surface area contributed by atoms with Gasteiger partial charge in [0.05, 0.1) is 0 Å². The second kappa shape index (κ2) is 5.15. The third kappa shape index (κ3) is 2.56. The van der Waals surface area contributed by atoms with Crippen LogP contribution in [0.25, 0.3) is 5.69 Å². The van der Waals surface area contributed by atoms with Crippen molar-refractivity contribution >= 4 is 0 Å². The van der Waals surface area contributed by atoms with Gasteiger partial charge in [-0.15, -0.1) is 0 Å². The molecule has 1 heterocycles. The third-order valence-electron chi connectivity index (χ3n) is 2.98. The van der Waals surface area contributed by atoms with Gasteiger partial charge in [-0.2, -0.15) is 0 Å². The lowest BCUT2D eigenvalue weighted by Gasteiger charge is -2.14. The minimum Gasteiger partial charge on any atom is -0.310 e. The van der Waals surface area contributed by atoms with Crippen LogP contribution in [-0.2, 0) is 0 Å². The van der Waals surface area contributed by atoms with Crippen LogP contribution in [0, 0.1) is 6.92 Å². The summed E-state index contributed by atoms with van der Waals surface area (Å²) in [5.41, 5.74) is 2.47. The minimum absolute atomic E-state index is 0.378. The molecule has 2 rings (SSSR count). The zero-order chi connectivity index (χ0) is 12.3. The molecule has 3 nitrogen and oxygen atoms in total. The highest BCUT2D eigenvalue weighted by molar-refractivity contribution is 5.38. The van der Waals surface area contributed by atoms with Gasteiger partial charge in [0.1, 0.15) is 5.82 Å². The second-order valence-corrected chi connectivity index (χ2v) is 4.22. The van der Waals surface area contributed by atoms with E-state index in [9.17, 15) is 0 Å². The molecule has 3 heteroatoms. The van der Waals surface area contributed by atoms with Crippen LogP contribution in [-0.4, -0.2) is 16.1 Å². The van der Waals surface area contributed by atoms with Gasteiger partial charge in [0, 0.05) is 24.1 Å². The molecule has 2 aromatic rings. The molecule has 0 aliphatic rings. The minimum atomic E-state index is 0.378. The van der Waals surface area contributed by atoms with Crippen LogP contribution in [0.3, 0.4) is 0 Å². The van der Waals surface area contributed by atoms with E-state index in [1.54, 1.807) is 0 Å². The third-order valence-corrected chi connectivity index (χ3v) is 2.98. The topological polar surface area (TPSA) is 29.9 Å². The lowest BCUT2D eigenvalue weighted by molar-refractivity contribution is 0.598. The maximum Gasteiger partial charge on any atom is 0.110 e. The molecule has 0 saturated carbocycles. The standard InChI is InChI=1S/C14H19N3/c1-4-15-11(2)13-6-5-7-14(10-13)17-9-8-16-12(17)3/h5-11,15H,4H2,1-3H3. The van der Waals surface area contributed by atoms with Gasteiger partial charge in [0.25, 0.3) is 0 Å². The second-order valence-electron chi connectivity index (χ2n) is 4.22. The van der Waals surface area contributed by atoms with Gasteiger partial charge in [0.15, 0.2) is 0 Å². The van der Waals surface area contributed by atoms with Crippen molar-refractivity contribution in [1.82, 2.24) is 14.9 Å². The van der Waals surface area contributed by atoms with Crippen molar-refractivity contribution in [3.63, 3.8) is 0 Å². The number of hydrogen-bond acceptors (Lipinski definition) is 2. The summed E-state index contributed by atoms with van der Waals surface area (Å²) in [6.07, 6.45) is 3.82. The first kappa shape index (κ1) is 11.9. The van der Waals surface area contributed by atoms with Gasteiger partial charge in [-0.3, -0.25) is 0 Å². The molecule has 17 heavy (non-hydrogen) atoms. The molecule has 0 spiro atoms. The Bertz CT molecular complexity index is 488. The SMILES string of the molecule is CCNC(C)c1cccc(-n2ccnc2C)c1. The molecule has 1 atom stereocenters. The Kier molecular flexibility index (Phi) is 3.59. The molecule has 1 aromatic carbocycles. The molecule has 1 unspecified atom stereocenters. The fourth-order valence-electron chi connectivity index (χ4n) is 2.02. The molecule has 0 aliphatic heterocycles. The lowest BCUT2D eigenvalue weighted by Crippen LogP contribution is -2.17. The quantitative estimate of drug-likeness (QED) is 0.873. The maximum absolute atomic E-state index is 4.25. The smallest absolute Gasteiger partial charge is 0.110 e. The van der Waals surface area contributed by atoms with E-state index in [1.165, 1.54) is 11.3 Å². The normalized spacial score (nSPS) is 12.6. The molecule has 90 valence electrons. The fourth-order valence-corrected chi connectivity index (χ4v) is 2.02. The van der Waals surface area contributed by atoms with Crippen molar-refractivity contribution < 1.29 is 0 Å². The van der Waals surface area contributed by atoms with Gasteiger partial charge in [-0.05, 0) is 38.1 Å². The Morgan fingerprint density at radius 3 is 2.88 bits per heavy atom. The predicted octanol–water partition coefficient (Wildman–Crippen LogP) is 2.85. The number of aromatic nitrogens is 2. The summed E-state index contributed by atoms with van der Waals surface area (Å²) < 4.78 is 2.10. The Labute approximate surface area is 103 Å². The number of nitrogens with one attached hydrogen (secondary N) is 1. The average Bonchev–Trinajstić information content (AvgIpc) is 2.76. The van der Waals surface area contributed by atoms with E-state index in [0.29, 0.717) is 6.04 Å². The summed E-state index contributed by atoms with van der Waals surface area (Å²) in [7, 11) is 0. The van der Waals surface area contributed by atoms with Crippen LogP contribution in [0.15, 0.2) is 36.7 Å². The zero-order valence-corrected chi connectivity index (χ0v) is 10.6. The van der Waals surface area contributed by atoms with E-state index in [4.69, 9.17) is 0 Å². The summed E-state index contributed by atoms with van der Waals surface area (Å²) in [4.78, 5) is 4.25. The monoisotopic (exact) mass is 229 g/mol. The molecular weight excluding hydrogens is 210 g/mol. The molecule has 0 fully saturated rings. The number of nitrogens with zero attached hydrogens (tertiary/aromatic N) is 2. The molecule has 1 aromatic heterocycles. The highest BCUT2D eigenvalue weighted by atomic mass is 15.1. The first-order valence-corrected chi connectivity index (χ1v) is 6.06. The summed E-state index contributed by atoms with van der Waals surface area (Å²) in [5.74, 6) is 1.01. The van der Waals surface area contributed by atoms with Crippen LogP contribution in [0.5, 0.6) is 0 Å². The van der Waals surface area contributed by atoms with Crippen molar-refractivity contribution in [2.75, 3.05) is 6.54 Å². The Balaban J connectivity index is 2.32. The Morgan fingerprint density at radius 1 is 1.41 bits per heavy atom. The highest BCUT2D eigenvalue weighted by Gasteiger charge is 2.06. The maximum atomic E-state index is 4.25. The average molecular weight is 229 g/mol. The van der Waals surface area contributed by atoms with E-state index in [2.05, 4.69) is 53.0 Å². The van der Waals surface area contributed by atoms with Gasteiger partial charge in [0.2, 0.25) is 0 Å². The first-order chi connectivity index (χ1) is 8.22. The van der Waals surface area contributed by atoms with Crippen molar-refractivity contribution in [2.45, 2.75) is 26.8 Å². The van der Waals surface area contributed by atoms with Crippen LogP contribution in [0.4, 0.5) is 0 Å². The Morgan fingerprint density at radius 2 is 2.24 bits per heavy atom. The number of hydrogen-bond donors (Lipinski definition) is 1. The van der Waals surface area contributed by atoms with Gasteiger partial charge >= 0.3 is 0 Å². The number of imidazole rings is 1. The highest BCUT2D eigenvalue weighted by Crippen LogP contribution is 2.17. The van der Waals surface area contributed by atoms with E-state index < -0.39 is 0 Å². The van der Waals surface area contributed by atoms with Crippen molar-refractivity contribution in [1.29, 1.82) is 0 Å². The Hall–Kier alpha value is -1.61. The largest absolute Gasteiger partial charge is 0.310 e. The number of aryl methyl sites for hydroxylation is 1. The van der Waals surface area contributed by atoms with Gasteiger partial charge in [-0.1, -0.05) is 19.1 Å². The van der Waals surface area contributed by atoms with Crippen LogP contribution < -0.4 is 5.32 Å². The van der Waals surface area contributed by atoms with Gasteiger partial charge < -0.3 is 9.88 Å². The molecule has 1 N–H and O–H groups in total. The number of benzene rings is 1.